The van der Waals surface area contributed by atoms with Crippen molar-refractivity contribution in [3.8, 4) is 17.2 Å². The smallest absolute Gasteiger partial charge is 0.265 e. The van der Waals surface area contributed by atoms with Crippen LogP contribution in [0, 0.1) is 0 Å². The number of aromatic nitrogens is 5. The van der Waals surface area contributed by atoms with Gasteiger partial charge in [0, 0.05) is 11.7 Å². The van der Waals surface area contributed by atoms with Gasteiger partial charge in [-0.05, 0) is 61.4 Å². The fourth-order valence-electron chi connectivity index (χ4n) is 5.40. The first-order valence-corrected chi connectivity index (χ1v) is 12.8. The van der Waals surface area contributed by atoms with Crippen molar-refractivity contribution in [3.63, 3.8) is 0 Å². The molecular formula is C30H25N5O2. The van der Waals surface area contributed by atoms with E-state index in [1.807, 2.05) is 88.0 Å². The van der Waals surface area contributed by atoms with Crippen LogP contribution in [-0.2, 0) is 0 Å². The molecule has 3 heterocycles. The SMILES string of the molecule is O=c1c2c3nc4ccccc4nc3n(-c3ccc(Oc4ccccc4)cc3)c2ncn1C1CCCCC1. The summed E-state index contributed by atoms with van der Waals surface area (Å²) in [6, 6.07) is 25.4. The summed E-state index contributed by atoms with van der Waals surface area (Å²) in [6.45, 7) is 0. The molecule has 0 amide bonds. The number of rotatable bonds is 4. The highest BCUT2D eigenvalue weighted by Crippen LogP contribution is 2.32. The van der Waals surface area contributed by atoms with Gasteiger partial charge in [-0.3, -0.25) is 13.9 Å². The zero-order chi connectivity index (χ0) is 24.8. The zero-order valence-corrected chi connectivity index (χ0v) is 20.2. The van der Waals surface area contributed by atoms with Crippen LogP contribution in [0.3, 0.4) is 0 Å². The molecule has 1 fully saturated rings. The lowest BCUT2D eigenvalue weighted by molar-refractivity contribution is 0.345. The Morgan fingerprint density at radius 1 is 0.730 bits per heavy atom. The first-order valence-electron chi connectivity index (χ1n) is 12.8. The molecule has 6 aromatic rings. The summed E-state index contributed by atoms with van der Waals surface area (Å²) in [6.07, 6.45) is 7.22. The van der Waals surface area contributed by atoms with Crippen LogP contribution in [-0.4, -0.2) is 24.1 Å². The van der Waals surface area contributed by atoms with E-state index in [-0.39, 0.29) is 11.6 Å². The minimum absolute atomic E-state index is 0.0470. The molecule has 7 rings (SSSR count). The minimum Gasteiger partial charge on any atom is -0.457 e. The van der Waals surface area contributed by atoms with Crippen molar-refractivity contribution in [1.29, 1.82) is 0 Å². The average molecular weight is 488 g/mol. The molecule has 0 radical (unpaired) electrons. The van der Waals surface area contributed by atoms with E-state index >= 15 is 0 Å². The predicted octanol–water partition coefficient (Wildman–Crippen LogP) is 6.58. The van der Waals surface area contributed by atoms with Crippen LogP contribution >= 0.6 is 0 Å². The van der Waals surface area contributed by atoms with E-state index in [0.29, 0.717) is 22.2 Å². The molecule has 1 aliphatic rings. The van der Waals surface area contributed by atoms with Crippen molar-refractivity contribution in [2.75, 3.05) is 0 Å². The number of nitrogens with zero attached hydrogens (tertiary/aromatic N) is 5. The maximum absolute atomic E-state index is 13.9. The normalized spacial score (nSPS) is 14.5. The molecule has 7 nitrogen and oxygen atoms in total. The first kappa shape index (κ1) is 21.7. The molecule has 0 saturated heterocycles. The Kier molecular flexibility index (Phi) is 5.20. The molecule has 0 atom stereocenters. The van der Waals surface area contributed by atoms with Crippen LogP contribution in [0.2, 0.25) is 0 Å². The third kappa shape index (κ3) is 3.74. The second-order valence-electron chi connectivity index (χ2n) is 9.58. The number of hydrogen-bond donors (Lipinski definition) is 0. The molecular weight excluding hydrogens is 462 g/mol. The Labute approximate surface area is 213 Å². The van der Waals surface area contributed by atoms with Crippen molar-refractivity contribution in [1.82, 2.24) is 24.1 Å². The van der Waals surface area contributed by atoms with Crippen LogP contribution in [0.4, 0.5) is 0 Å². The lowest BCUT2D eigenvalue weighted by atomic mass is 9.95. The van der Waals surface area contributed by atoms with Gasteiger partial charge in [0.25, 0.3) is 5.56 Å². The van der Waals surface area contributed by atoms with Crippen LogP contribution in [0.25, 0.3) is 38.9 Å². The van der Waals surface area contributed by atoms with Crippen LogP contribution in [0.1, 0.15) is 38.1 Å². The van der Waals surface area contributed by atoms with Crippen LogP contribution in [0.5, 0.6) is 11.5 Å². The second kappa shape index (κ2) is 8.85. The molecule has 0 unspecified atom stereocenters. The van der Waals surface area contributed by atoms with E-state index in [1.165, 1.54) is 6.42 Å². The summed E-state index contributed by atoms with van der Waals surface area (Å²) < 4.78 is 9.73. The van der Waals surface area contributed by atoms with Gasteiger partial charge in [-0.1, -0.05) is 49.6 Å². The van der Waals surface area contributed by atoms with E-state index in [4.69, 9.17) is 19.7 Å². The van der Waals surface area contributed by atoms with E-state index in [1.54, 1.807) is 6.33 Å². The summed E-state index contributed by atoms with van der Waals surface area (Å²) >= 11 is 0. The maximum Gasteiger partial charge on any atom is 0.265 e. The summed E-state index contributed by atoms with van der Waals surface area (Å²) in [5.74, 6) is 1.49. The molecule has 37 heavy (non-hydrogen) atoms. The highest BCUT2D eigenvalue weighted by molar-refractivity contribution is 6.05. The third-order valence-electron chi connectivity index (χ3n) is 7.23. The van der Waals surface area contributed by atoms with Gasteiger partial charge in [0.15, 0.2) is 11.3 Å². The molecule has 0 spiro atoms. The number of ether oxygens (including phenoxy) is 1. The number of benzene rings is 3. The second-order valence-corrected chi connectivity index (χ2v) is 9.58. The van der Waals surface area contributed by atoms with Crippen LogP contribution < -0.4 is 10.3 Å². The topological polar surface area (TPSA) is 74.8 Å². The largest absolute Gasteiger partial charge is 0.457 e. The lowest BCUT2D eigenvalue weighted by Gasteiger charge is -2.23. The standard InChI is InChI=1S/C30H25N5O2/c36-30-26-27-29(33-25-14-8-7-13-24(25)32-27)35(28(26)31-19-34(30)20-9-3-1-4-10-20)21-15-17-23(18-16-21)37-22-11-5-2-6-12-22/h2,5-8,11-20H,1,3-4,9-10H2. The summed E-state index contributed by atoms with van der Waals surface area (Å²) in [5.41, 5.74) is 4.10. The van der Waals surface area contributed by atoms with E-state index in [2.05, 4.69) is 0 Å². The molecule has 3 aromatic carbocycles. The first-order chi connectivity index (χ1) is 18.3. The van der Waals surface area contributed by atoms with E-state index in [0.717, 1.165) is 53.9 Å². The number of hydrogen-bond acceptors (Lipinski definition) is 5. The summed E-state index contributed by atoms with van der Waals surface area (Å²) in [5, 5.41) is 0.519. The van der Waals surface area contributed by atoms with Gasteiger partial charge in [-0.2, -0.15) is 0 Å². The number of para-hydroxylation sites is 3. The van der Waals surface area contributed by atoms with Gasteiger partial charge >= 0.3 is 0 Å². The average Bonchev–Trinajstić information content (AvgIpc) is 3.27. The van der Waals surface area contributed by atoms with Crippen LogP contribution in [0.15, 0.2) is 90.0 Å². The highest BCUT2D eigenvalue weighted by atomic mass is 16.5. The van der Waals surface area contributed by atoms with Gasteiger partial charge in [0.05, 0.1) is 11.0 Å². The van der Waals surface area contributed by atoms with Gasteiger partial charge in [0.1, 0.15) is 28.7 Å². The van der Waals surface area contributed by atoms with Crippen molar-refractivity contribution in [3.05, 3.63) is 95.5 Å². The van der Waals surface area contributed by atoms with Gasteiger partial charge in [-0.25, -0.2) is 15.0 Å². The van der Waals surface area contributed by atoms with Crippen molar-refractivity contribution in [2.24, 2.45) is 0 Å². The molecule has 1 saturated carbocycles. The Hall–Kier alpha value is -4.52. The Morgan fingerprint density at radius 2 is 1.41 bits per heavy atom. The van der Waals surface area contributed by atoms with Crippen molar-refractivity contribution in [2.45, 2.75) is 38.1 Å². The number of fused-ring (bicyclic) bond motifs is 4. The minimum atomic E-state index is -0.0470. The molecule has 7 heteroatoms. The highest BCUT2D eigenvalue weighted by Gasteiger charge is 2.24. The maximum atomic E-state index is 13.9. The predicted molar refractivity (Wildman–Crippen MR) is 145 cm³/mol. The lowest BCUT2D eigenvalue weighted by Crippen LogP contribution is -2.26. The van der Waals surface area contributed by atoms with Gasteiger partial charge < -0.3 is 4.74 Å². The molecule has 3 aromatic heterocycles. The summed E-state index contributed by atoms with van der Waals surface area (Å²) in [4.78, 5) is 28.6. The molecule has 0 bridgehead atoms. The monoisotopic (exact) mass is 487 g/mol. The van der Waals surface area contributed by atoms with Gasteiger partial charge in [0.2, 0.25) is 0 Å². The van der Waals surface area contributed by atoms with Crippen molar-refractivity contribution < 1.29 is 4.74 Å². The summed E-state index contributed by atoms with van der Waals surface area (Å²) in [7, 11) is 0. The van der Waals surface area contributed by atoms with E-state index < -0.39 is 0 Å². The Morgan fingerprint density at radius 3 is 2.16 bits per heavy atom. The molecule has 0 aliphatic heterocycles. The Balaban J connectivity index is 1.43. The molecule has 182 valence electrons. The van der Waals surface area contributed by atoms with Gasteiger partial charge in [-0.15, -0.1) is 0 Å². The molecule has 1 aliphatic carbocycles. The quantitative estimate of drug-likeness (QED) is 0.281. The zero-order valence-electron chi connectivity index (χ0n) is 20.2. The Bertz CT molecular complexity index is 1800. The fourth-order valence-corrected chi connectivity index (χ4v) is 5.40. The van der Waals surface area contributed by atoms with E-state index in [9.17, 15) is 4.79 Å². The fraction of sp³-hybridized carbons (Fsp3) is 0.200. The molecule has 0 N–H and O–H groups in total. The third-order valence-corrected chi connectivity index (χ3v) is 7.23. The van der Waals surface area contributed by atoms with Crippen molar-refractivity contribution >= 4 is 33.2 Å².